The molecule has 1 amide bonds. The lowest BCUT2D eigenvalue weighted by atomic mass is 10.1. The molecule has 0 atom stereocenters. The Morgan fingerprint density at radius 2 is 1.68 bits per heavy atom. The van der Waals surface area contributed by atoms with Crippen molar-refractivity contribution in [2.45, 2.75) is 46.9 Å². The summed E-state index contributed by atoms with van der Waals surface area (Å²) in [5.74, 6) is 0.571. The maximum absolute atomic E-state index is 12.6. The molecule has 3 aromatic rings. The molecule has 0 unspecified atom stereocenters. The molecule has 0 aromatic heterocycles. The molecule has 0 spiro atoms. The van der Waals surface area contributed by atoms with E-state index < -0.39 is 10.0 Å². The largest absolute Gasteiger partial charge is 0.491 e. The van der Waals surface area contributed by atoms with Crippen LogP contribution in [0.5, 0.6) is 5.75 Å². The van der Waals surface area contributed by atoms with E-state index in [9.17, 15) is 13.2 Å². The van der Waals surface area contributed by atoms with Gasteiger partial charge in [0.15, 0.2) is 0 Å². The number of sulfonamides is 1. The Morgan fingerprint density at radius 3 is 2.32 bits per heavy atom. The number of benzene rings is 3. The second-order valence-electron chi connectivity index (χ2n) is 8.75. The van der Waals surface area contributed by atoms with Crippen molar-refractivity contribution < 1.29 is 17.9 Å². The Kier molecular flexibility index (Phi) is 7.99. The fourth-order valence-corrected chi connectivity index (χ4v) is 4.52. The van der Waals surface area contributed by atoms with E-state index in [2.05, 4.69) is 5.32 Å². The SMILES string of the molecule is Cc1ccc(C)c(N(Cc2ccc(C(=O)NCc3cccc(OC(C)C)c3)cc2)S(C)(=O)=O)c1. The topological polar surface area (TPSA) is 75.7 Å². The van der Waals surface area contributed by atoms with Gasteiger partial charge in [-0.3, -0.25) is 9.10 Å². The van der Waals surface area contributed by atoms with E-state index in [1.54, 1.807) is 24.3 Å². The van der Waals surface area contributed by atoms with E-state index in [4.69, 9.17) is 4.74 Å². The number of carbonyl (C=O) groups is 1. The summed E-state index contributed by atoms with van der Waals surface area (Å²) in [4.78, 5) is 12.6. The second-order valence-corrected chi connectivity index (χ2v) is 10.7. The van der Waals surface area contributed by atoms with E-state index in [1.807, 2.05) is 70.2 Å². The fraction of sp³-hybridized carbons (Fsp3) is 0.296. The lowest BCUT2D eigenvalue weighted by Crippen LogP contribution is -2.30. The number of amides is 1. The zero-order valence-corrected chi connectivity index (χ0v) is 21.1. The quantitative estimate of drug-likeness (QED) is 0.468. The standard InChI is InChI=1S/C27H32N2O4S/c1-19(2)33-25-8-6-7-23(16-25)17-28-27(30)24-13-11-22(12-14-24)18-29(34(5,31)32)26-15-20(3)9-10-21(26)4/h6-16,19H,17-18H2,1-5H3,(H,28,30). The van der Waals surface area contributed by atoms with Gasteiger partial charge in [0.2, 0.25) is 10.0 Å². The van der Waals surface area contributed by atoms with E-state index >= 15 is 0 Å². The number of hydrogen-bond donors (Lipinski definition) is 1. The minimum absolute atomic E-state index is 0.0804. The van der Waals surface area contributed by atoms with E-state index in [1.165, 1.54) is 10.6 Å². The Balaban J connectivity index is 1.69. The third kappa shape index (κ3) is 6.84. The van der Waals surface area contributed by atoms with Crippen molar-refractivity contribution in [1.29, 1.82) is 0 Å². The first kappa shape index (κ1) is 25.3. The van der Waals surface area contributed by atoms with Crippen LogP contribution in [-0.2, 0) is 23.1 Å². The molecule has 0 heterocycles. The highest BCUT2D eigenvalue weighted by molar-refractivity contribution is 7.92. The molecule has 180 valence electrons. The number of carbonyl (C=O) groups excluding carboxylic acids is 1. The van der Waals surface area contributed by atoms with Crippen LogP contribution in [0, 0.1) is 13.8 Å². The summed E-state index contributed by atoms with van der Waals surface area (Å²) in [5, 5.41) is 2.92. The monoisotopic (exact) mass is 480 g/mol. The van der Waals surface area contributed by atoms with Crippen LogP contribution in [0.2, 0.25) is 0 Å². The number of rotatable bonds is 9. The maximum Gasteiger partial charge on any atom is 0.251 e. The molecule has 0 aliphatic carbocycles. The van der Waals surface area contributed by atoms with Crippen molar-refractivity contribution >= 4 is 21.6 Å². The number of anilines is 1. The van der Waals surface area contributed by atoms with Crippen LogP contribution in [0.3, 0.4) is 0 Å². The highest BCUT2D eigenvalue weighted by atomic mass is 32.2. The molecular formula is C27H32N2O4S. The van der Waals surface area contributed by atoms with Gasteiger partial charge in [0, 0.05) is 12.1 Å². The molecule has 3 rings (SSSR count). The summed E-state index contributed by atoms with van der Waals surface area (Å²) in [6.07, 6.45) is 1.29. The maximum atomic E-state index is 12.6. The van der Waals surface area contributed by atoms with Crippen molar-refractivity contribution in [1.82, 2.24) is 5.32 Å². The molecule has 0 aliphatic rings. The van der Waals surface area contributed by atoms with Crippen LogP contribution in [0.1, 0.15) is 46.5 Å². The number of hydrogen-bond acceptors (Lipinski definition) is 4. The first-order valence-electron chi connectivity index (χ1n) is 11.2. The molecule has 34 heavy (non-hydrogen) atoms. The zero-order valence-electron chi connectivity index (χ0n) is 20.3. The molecule has 0 saturated heterocycles. The Hall–Kier alpha value is -3.32. The highest BCUT2D eigenvalue weighted by Crippen LogP contribution is 2.26. The van der Waals surface area contributed by atoms with E-state index in [-0.39, 0.29) is 18.6 Å². The summed E-state index contributed by atoms with van der Waals surface area (Å²) in [5.41, 5.74) is 4.78. The Morgan fingerprint density at radius 1 is 0.971 bits per heavy atom. The van der Waals surface area contributed by atoms with Gasteiger partial charge >= 0.3 is 0 Å². The van der Waals surface area contributed by atoms with Gasteiger partial charge in [-0.2, -0.15) is 0 Å². The molecule has 0 fully saturated rings. The van der Waals surface area contributed by atoms with Crippen LogP contribution >= 0.6 is 0 Å². The predicted molar refractivity (Wildman–Crippen MR) is 137 cm³/mol. The number of nitrogens with zero attached hydrogens (tertiary/aromatic N) is 1. The number of nitrogens with one attached hydrogen (secondary N) is 1. The first-order chi connectivity index (χ1) is 16.0. The molecule has 1 N–H and O–H groups in total. The van der Waals surface area contributed by atoms with Crippen LogP contribution in [0.25, 0.3) is 0 Å². The van der Waals surface area contributed by atoms with Gasteiger partial charge in [0.05, 0.1) is 24.6 Å². The third-order valence-corrected chi connectivity index (χ3v) is 6.43. The first-order valence-corrected chi connectivity index (χ1v) is 13.1. The molecule has 0 aliphatic heterocycles. The fourth-order valence-electron chi connectivity index (χ4n) is 3.58. The minimum Gasteiger partial charge on any atom is -0.491 e. The molecule has 0 radical (unpaired) electrons. The van der Waals surface area contributed by atoms with Crippen LogP contribution in [0.4, 0.5) is 5.69 Å². The van der Waals surface area contributed by atoms with Crippen LogP contribution in [0.15, 0.2) is 66.7 Å². The van der Waals surface area contributed by atoms with E-state index in [0.717, 1.165) is 28.0 Å². The van der Waals surface area contributed by atoms with Gasteiger partial charge in [0.1, 0.15) is 5.75 Å². The number of aryl methyl sites for hydroxylation is 2. The average Bonchev–Trinajstić information content (AvgIpc) is 2.77. The molecule has 3 aromatic carbocycles. The number of ether oxygens (including phenoxy) is 1. The lowest BCUT2D eigenvalue weighted by Gasteiger charge is -2.25. The summed E-state index contributed by atoms with van der Waals surface area (Å²) in [7, 11) is -3.49. The van der Waals surface area contributed by atoms with Crippen molar-refractivity contribution in [3.05, 3.63) is 94.5 Å². The second kappa shape index (κ2) is 10.7. The van der Waals surface area contributed by atoms with Gasteiger partial charge in [-0.15, -0.1) is 0 Å². The average molecular weight is 481 g/mol. The van der Waals surface area contributed by atoms with Gasteiger partial charge in [0.25, 0.3) is 5.91 Å². The van der Waals surface area contributed by atoms with E-state index in [0.29, 0.717) is 17.8 Å². The predicted octanol–water partition coefficient (Wildman–Crippen LogP) is 4.99. The summed E-state index contributed by atoms with van der Waals surface area (Å²) in [6.45, 7) is 8.33. The third-order valence-electron chi connectivity index (χ3n) is 5.30. The zero-order chi connectivity index (χ0) is 24.9. The molecule has 6 nitrogen and oxygen atoms in total. The molecular weight excluding hydrogens is 448 g/mol. The normalized spacial score (nSPS) is 11.4. The molecule has 7 heteroatoms. The van der Waals surface area contributed by atoms with Gasteiger partial charge < -0.3 is 10.1 Å². The van der Waals surface area contributed by atoms with Crippen LogP contribution in [-0.4, -0.2) is 26.7 Å². The molecule has 0 bridgehead atoms. The van der Waals surface area contributed by atoms with Crippen molar-refractivity contribution in [2.75, 3.05) is 10.6 Å². The minimum atomic E-state index is -3.49. The van der Waals surface area contributed by atoms with Crippen molar-refractivity contribution in [3.63, 3.8) is 0 Å². The summed E-state index contributed by atoms with van der Waals surface area (Å²) in [6, 6.07) is 20.4. The summed E-state index contributed by atoms with van der Waals surface area (Å²) < 4.78 is 32.2. The van der Waals surface area contributed by atoms with Gasteiger partial charge in [-0.1, -0.05) is 36.4 Å². The smallest absolute Gasteiger partial charge is 0.251 e. The summed E-state index contributed by atoms with van der Waals surface area (Å²) >= 11 is 0. The highest BCUT2D eigenvalue weighted by Gasteiger charge is 2.20. The lowest BCUT2D eigenvalue weighted by molar-refractivity contribution is 0.0950. The van der Waals surface area contributed by atoms with Gasteiger partial charge in [-0.05, 0) is 80.3 Å². The van der Waals surface area contributed by atoms with Gasteiger partial charge in [-0.25, -0.2) is 8.42 Å². The Bertz CT molecular complexity index is 1250. The molecule has 0 saturated carbocycles. The van der Waals surface area contributed by atoms with Crippen molar-refractivity contribution in [2.24, 2.45) is 0 Å². The van der Waals surface area contributed by atoms with Crippen LogP contribution < -0.4 is 14.4 Å². The van der Waals surface area contributed by atoms with Crippen molar-refractivity contribution in [3.8, 4) is 5.75 Å². The Labute approximate surface area is 202 Å².